The Labute approximate surface area is 144 Å². The third-order valence-corrected chi connectivity index (χ3v) is 5.79. The molecule has 1 aliphatic rings. The molecule has 1 atom stereocenters. The number of piperidine rings is 1. The van der Waals surface area contributed by atoms with Gasteiger partial charge in [0.05, 0.1) is 4.88 Å². The van der Waals surface area contributed by atoms with E-state index in [9.17, 15) is 4.79 Å². The van der Waals surface area contributed by atoms with E-state index in [1.54, 1.807) is 11.3 Å². The Balaban J connectivity index is 0.00000242. The van der Waals surface area contributed by atoms with Crippen LogP contribution in [0.3, 0.4) is 0 Å². The Morgan fingerprint density at radius 2 is 2.14 bits per heavy atom. The van der Waals surface area contributed by atoms with Gasteiger partial charge in [-0.15, -0.1) is 23.7 Å². The van der Waals surface area contributed by atoms with Crippen molar-refractivity contribution in [3.8, 4) is 0 Å². The number of nitrogens with zero attached hydrogens (tertiary/aromatic N) is 1. The monoisotopic (exact) mass is 344 g/mol. The zero-order valence-corrected chi connectivity index (χ0v) is 15.8. The van der Waals surface area contributed by atoms with Crippen molar-refractivity contribution in [3.63, 3.8) is 0 Å². The van der Waals surface area contributed by atoms with Crippen LogP contribution in [0.5, 0.6) is 0 Å². The van der Waals surface area contributed by atoms with Gasteiger partial charge in [-0.3, -0.25) is 4.79 Å². The molecular formula is C17H29ClN2OS. The van der Waals surface area contributed by atoms with Gasteiger partial charge in [0.2, 0.25) is 0 Å². The molecule has 0 saturated carbocycles. The predicted octanol–water partition coefficient (Wildman–Crippen LogP) is 3.88. The molecule has 0 aliphatic carbocycles. The summed E-state index contributed by atoms with van der Waals surface area (Å²) in [5.74, 6) is 0.192. The normalized spacial score (nSPS) is 20.6. The summed E-state index contributed by atoms with van der Waals surface area (Å²) in [5.41, 5.74) is 7.52. The van der Waals surface area contributed by atoms with Crippen molar-refractivity contribution in [1.29, 1.82) is 0 Å². The highest BCUT2D eigenvalue weighted by Crippen LogP contribution is 2.31. The molecule has 0 radical (unpaired) electrons. The number of carbonyl (C=O) groups is 1. The van der Waals surface area contributed by atoms with Crippen molar-refractivity contribution in [3.05, 3.63) is 21.4 Å². The fourth-order valence-corrected chi connectivity index (χ4v) is 4.34. The van der Waals surface area contributed by atoms with Crippen LogP contribution >= 0.6 is 23.7 Å². The molecule has 1 amide bonds. The van der Waals surface area contributed by atoms with Gasteiger partial charge in [-0.1, -0.05) is 34.1 Å². The average molecular weight is 345 g/mol. The Morgan fingerprint density at radius 1 is 1.45 bits per heavy atom. The second-order valence-electron chi connectivity index (χ2n) is 6.77. The van der Waals surface area contributed by atoms with E-state index in [0.29, 0.717) is 0 Å². The van der Waals surface area contributed by atoms with Gasteiger partial charge < -0.3 is 10.6 Å². The summed E-state index contributed by atoms with van der Waals surface area (Å²) >= 11 is 1.69. The number of hydrogen-bond donors (Lipinski definition) is 1. The van der Waals surface area contributed by atoms with E-state index in [4.69, 9.17) is 5.73 Å². The van der Waals surface area contributed by atoms with E-state index < -0.39 is 0 Å². The lowest BCUT2D eigenvalue weighted by Gasteiger charge is -2.42. The molecule has 126 valence electrons. The van der Waals surface area contributed by atoms with E-state index in [0.717, 1.165) is 43.6 Å². The maximum absolute atomic E-state index is 12.8. The SMILES string of the molecule is CCCc1sc(C(=O)N2CCC(N)C(C)(C)C2)cc1CC.Cl. The number of amides is 1. The van der Waals surface area contributed by atoms with Crippen molar-refractivity contribution < 1.29 is 4.79 Å². The van der Waals surface area contributed by atoms with E-state index in [1.165, 1.54) is 10.4 Å². The molecule has 1 fully saturated rings. The predicted molar refractivity (Wildman–Crippen MR) is 97.2 cm³/mol. The molecule has 3 nitrogen and oxygen atoms in total. The first-order valence-electron chi connectivity index (χ1n) is 8.05. The molecule has 1 unspecified atom stereocenters. The number of aryl methyl sites for hydroxylation is 2. The third-order valence-electron chi connectivity index (χ3n) is 4.56. The molecular weight excluding hydrogens is 316 g/mol. The van der Waals surface area contributed by atoms with E-state index in [1.807, 2.05) is 4.90 Å². The lowest BCUT2D eigenvalue weighted by Crippen LogP contribution is -2.53. The smallest absolute Gasteiger partial charge is 0.263 e. The molecule has 2 N–H and O–H groups in total. The van der Waals surface area contributed by atoms with Crippen LogP contribution < -0.4 is 5.73 Å². The summed E-state index contributed by atoms with van der Waals surface area (Å²) in [4.78, 5) is 17.1. The van der Waals surface area contributed by atoms with E-state index in [2.05, 4.69) is 33.8 Å². The minimum absolute atomic E-state index is 0. The highest BCUT2D eigenvalue weighted by atomic mass is 35.5. The molecule has 0 aromatic carbocycles. The van der Waals surface area contributed by atoms with Gasteiger partial charge >= 0.3 is 0 Å². The lowest BCUT2D eigenvalue weighted by atomic mass is 9.79. The van der Waals surface area contributed by atoms with Crippen LogP contribution in [-0.2, 0) is 12.8 Å². The number of carbonyl (C=O) groups excluding carboxylic acids is 1. The Morgan fingerprint density at radius 3 is 2.68 bits per heavy atom. The molecule has 0 bridgehead atoms. The van der Waals surface area contributed by atoms with Crippen molar-refractivity contribution in [2.45, 2.75) is 59.4 Å². The summed E-state index contributed by atoms with van der Waals surface area (Å²) in [7, 11) is 0. The first-order chi connectivity index (χ1) is 9.89. The zero-order chi connectivity index (χ0) is 15.6. The third kappa shape index (κ3) is 4.03. The molecule has 2 rings (SSSR count). The molecule has 2 heterocycles. The maximum Gasteiger partial charge on any atom is 0.263 e. The molecule has 1 aliphatic heterocycles. The van der Waals surface area contributed by atoms with Crippen molar-refractivity contribution in [2.75, 3.05) is 13.1 Å². The van der Waals surface area contributed by atoms with Gasteiger partial charge in [0.15, 0.2) is 0 Å². The molecule has 5 heteroatoms. The topological polar surface area (TPSA) is 46.3 Å². The van der Waals surface area contributed by atoms with Gasteiger partial charge in [0, 0.05) is 24.0 Å². The lowest BCUT2D eigenvalue weighted by molar-refractivity contribution is 0.0537. The molecule has 1 aromatic rings. The average Bonchev–Trinajstić information content (AvgIpc) is 2.84. The molecule has 22 heavy (non-hydrogen) atoms. The second kappa shape index (κ2) is 7.80. The Hall–Kier alpha value is -0.580. The van der Waals surface area contributed by atoms with E-state index in [-0.39, 0.29) is 29.8 Å². The minimum Gasteiger partial charge on any atom is -0.337 e. The van der Waals surface area contributed by atoms with Crippen LogP contribution in [0.25, 0.3) is 0 Å². The largest absolute Gasteiger partial charge is 0.337 e. The fourth-order valence-electron chi connectivity index (χ4n) is 3.01. The van der Waals surface area contributed by atoms with Crippen LogP contribution in [0, 0.1) is 5.41 Å². The summed E-state index contributed by atoms with van der Waals surface area (Å²) < 4.78 is 0. The van der Waals surface area contributed by atoms with Crippen LogP contribution in [0.15, 0.2) is 6.07 Å². The highest BCUT2D eigenvalue weighted by Gasteiger charge is 2.36. The summed E-state index contributed by atoms with van der Waals surface area (Å²) in [6, 6.07) is 2.30. The van der Waals surface area contributed by atoms with Crippen molar-refractivity contribution >= 4 is 29.7 Å². The Bertz CT molecular complexity index is 513. The first-order valence-corrected chi connectivity index (χ1v) is 8.87. The number of halogens is 1. The summed E-state index contributed by atoms with van der Waals surface area (Å²) in [6.45, 7) is 10.2. The molecule has 1 aromatic heterocycles. The molecule has 0 spiro atoms. The van der Waals surface area contributed by atoms with Gasteiger partial charge in [-0.05, 0) is 36.3 Å². The van der Waals surface area contributed by atoms with Crippen LogP contribution in [0.1, 0.15) is 60.6 Å². The number of hydrogen-bond acceptors (Lipinski definition) is 3. The van der Waals surface area contributed by atoms with Crippen LogP contribution in [0.2, 0.25) is 0 Å². The van der Waals surface area contributed by atoms with Crippen molar-refractivity contribution in [2.24, 2.45) is 11.1 Å². The number of likely N-dealkylation sites (tertiary alicyclic amines) is 1. The van der Waals surface area contributed by atoms with Gasteiger partial charge in [-0.2, -0.15) is 0 Å². The maximum atomic E-state index is 12.8. The number of rotatable bonds is 4. The van der Waals surface area contributed by atoms with E-state index >= 15 is 0 Å². The standard InChI is InChI=1S/C17H28N2OS.ClH/c1-5-7-13-12(6-2)10-14(21-13)16(20)19-9-8-15(18)17(3,4)11-19;/h10,15H,5-9,11,18H2,1-4H3;1H. The van der Waals surface area contributed by atoms with Gasteiger partial charge in [0.1, 0.15) is 0 Å². The van der Waals surface area contributed by atoms with Crippen LogP contribution in [-0.4, -0.2) is 29.9 Å². The number of thiophene rings is 1. The first kappa shape index (κ1) is 19.5. The van der Waals surface area contributed by atoms with Crippen LogP contribution in [0.4, 0.5) is 0 Å². The van der Waals surface area contributed by atoms with Crippen molar-refractivity contribution in [1.82, 2.24) is 4.90 Å². The number of nitrogens with two attached hydrogens (primary N) is 1. The summed E-state index contributed by atoms with van der Waals surface area (Å²) in [5, 5.41) is 0. The quantitative estimate of drug-likeness (QED) is 0.900. The van der Waals surface area contributed by atoms with Gasteiger partial charge in [0.25, 0.3) is 5.91 Å². The highest BCUT2D eigenvalue weighted by molar-refractivity contribution is 7.14. The zero-order valence-electron chi connectivity index (χ0n) is 14.1. The molecule has 1 saturated heterocycles. The minimum atomic E-state index is 0. The second-order valence-corrected chi connectivity index (χ2v) is 7.91. The van der Waals surface area contributed by atoms with Gasteiger partial charge in [-0.25, -0.2) is 0 Å². The fraction of sp³-hybridized carbons (Fsp3) is 0.706. The summed E-state index contributed by atoms with van der Waals surface area (Å²) in [6.07, 6.45) is 4.12. The Kier molecular flexibility index (Phi) is 6.90.